The Bertz CT molecular complexity index is 574. The van der Waals surface area contributed by atoms with E-state index in [0.717, 1.165) is 28.5 Å². The van der Waals surface area contributed by atoms with Crippen molar-refractivity contribution in [2.24, 2.45) is 5.41 Å². The van der Waals surface area contributed by atoms with Crippen molar-refractivity contribution >= 4 is 23.2 Å². The Kier molecular flexibility index (Phi) is 4.78. The maximum absolute atomic E-state index is 6.28. The highest BCUT2D eigenvalue weighted by molar-refractivity contribution is 6.36. The normalized spacial score (nSPS) is 11.7. The van der Waals surface area contributed by atoms with E-state index in [9.17, 15) is 0 Å². The van der Waals surface area contributed by atoms with Crippen molar-refractivity contribution < 1.29 is 0 Å². The van der Waals surface area contributed by atoms with Crippen LogP contribution in [-0.2, 0) is 12.8 Å². The standard InChI is InChI=1S/C18H20Cl2/c1-18(2,3)12-14-8-5-4-7-13(14)11-15-16(19)9-6-10-17(15)20/h4-10H,11-12H2,1-3H3. The summed E-state index contributed by atoms with van der Waals surface area (Å²) < 4.78 is 0. The first-order chi connectivity index (χ1) is 9.37. The summed E-state index contributed by atoms with van der Waals surface area (Å²) in [6.07, 6.45) is 1.83. The van der Waals surface area contributed by atoms with Gasteiger partial charge in [-0.2, -0.15) is 0 Å². The third-order valence-electron chi connectivity index (χ3n) is 3.27. The highest BCUT2D eigenvalue weighted by Gasteiger charge is 2.15. The minimum absolute atomic E-state index is 0.264. The van der Waals surface area contributed by atoms with Gasteiger partial charge in [-0.25, -0.2) is 0 Å². The van der Waals surface area contributed by atoms with Gasteiger partial charge < -0.3 is 0 Å². The molecule has 0 N–H and O–H groups in total. The number of hydrogen-bond acceptors (Lipinski definition) is 0. The van der Waals surface area contributed by atoms with Crippen molar-refractivity contribution in [1.29, 1.82) is 0 Å². The van der Waals surface area contributed by atoms with Gasteiger partial charge in [0.05, 0.1) is 0 Å². The molecule has 2 heteroatoms. The highest BCUT2D eigenvalue weighted by atomic mass is 35.5. The minimum atomic E-state index is 0.264. The molecule has 106 valence electrons. The molecule has 0 amide bonds. The zero-order chi connectivity index (χ0) is 14.8. The molecule has 2 rings (SSSR count). The third-order valence-corrected chi connectivity index (χ3v) is 3.98. The molecule has 0 radical (unpaired) electrons. The van der Waals surface area contributed by atoms with E-state index < -0.39 is 0 Å². The molecule has 0 bridgehead atoms. The summed E-state index contributed by atoms with van der Waals surface area (Å²) >= 11 is 12.6. The van der Waals surface area contributed by atoms with Gasteiger partial charge in [0.15, 0.2) is 0 Å². The van der Waals surface area contributed by atoms with E-state index in [0.29, 0.717) is 0 Å². The van der Waals surface area contributed by atoms with Crippen LogP contribution >= 0.6 is 23.2 Å². The Labute approximate surface area is 131 Å². The summed E-state index contributed by atoms with van der Waals surface area (Å²) in [4.78, 5) is 0. The molecule has 2 aromatic rings. The predicted molar refractivity (Wildman–Crippen MR) is 88.9 cm³/mol. The average Bonchev–Trinajstić information content (AvgIpc) is 2.34. The molecule has 0 atom stereocenters. The Balaban J connectivity index is 2.35. The topological polar surface area (TPSA) is 0 Å². The Morgan fingerprint density at radius 2 is 1.35 bits per heavy atom. The summed E-state index contributed by atoms with van der Waals surface area (Å²) in [5.41, 5.74) is 3.95. The van der Waals surface area contributed by atoms with Crippen LogP contribution in [0.3, 0.4) is 0 Å². The molecule has 0 aliphatic carbocycles. The second kappa shape index (κ2) is 6.20. The van der Waals surface area contributed by atoms with Gasteiger partial charge >= 0.3 is 0 Å². The molecule has 0 heterocycles. The molecule has 0 aromatic heterocycles. The van der Waals surface area contributed by atoms with Crippen molar-refractivity contribution in [3.8, 4) is 0 Å². The molecular formula is C18H20Cl2. The van der Waals surface area contributed by atoms with E-state index in [1.54, 1.807) is 0 Å². The van der Waals surface area contributed by atoms with Gasteiger partial charge in [-0.1, -0.05) is 74.3 Å². The monoisotopic (exact) mass is 306 g/mol. The summed E-state index contributed by atoms with van der Waals surface area (Å²) in [5, 5.41) is 1.48. The molecule has 20 heavy (non-hydrogen) atoms. The molecule has 0 aliphatic heterocycles. The second-order valence-corrected chi connectivity index (χ2v) is 7.20. The fourth-order valence-corrected chi connectivity index (χ4v) is 2.90. The van der Waals surface area contributed by atoms with Crippen LogP contribution in [0.25, 0.3) is 0 Å². The number of hydrogen-bond donors (Lipinski definition) is 0. The number of benzene rings is 2. The highest BCUT2D eigenvalue weighted by Crippen LogP contribution is 2.29. The lowest BCUT2D eigenvalue weighted by atomic mass is 9.85. The maximum atomic E-state index is 6.28. The van der Waals surface area contributed by atoms with Gasteiger partial charge in [-0.05, 0) is 40.7 Å². The first-order valence-corrected chi connectivity index (χ1v) is 7.62. The Hall–Kier alpha value is -0.980. The average molecular weight is 307 g/mol. The fourth-order valence-electron chi connectivity index (χ4n) is 2.37. The largest absolute Gasteiger partial charge is 0.0840 e. The molecule has 0 spiro atoms. The van der Waals surface area contributed by atoms with E-state index in [-0.39, 0.29) is 5.41 Å². The van der Waals surface area contributed by atoms with Crippen molar-refractivity contribution in [2.45, 2.75) is 33.6 Å². The first-order valence-electron chi connectivity index (χ1n) is 6.86. The van der Waals surface area contributed by atoms with Gasteiger partial charge in [0.1, 0.15) is 0 Å². The summed E-state index contributed by atoms with van der Waals surface area (Å²) in [5.74, 6) is 0. The van der Waals surface area contributed by atoms with Gasteiger partial charge in [0, 0.05) is 16.5 Å². The summed E-state index contributed by atoms with van der Waals surface area (Å²) in [6.45, 7) is 6.77. The van der Waals surface area contributed by atoms with Crippen molar-refractivity contribution in [3.63, 3.8) is 0 Å². The fraction of sp³-hybridized carbons (Fsp3) is 0.333. The van der Waals surface area contributed by atoms with Crippen LogP contribution in [0.15, 0.2) is 42.5 Å². The lowest BCUT2D eigenvalue weighted by Gasteiger charge is -2.21. The number of rotatable bonds is 3. The van der Waals surface area contributed by atoms with Crippen molar-refractivity contribution in [2.75, 3.05) is 0 Å². The molecular weight excluding hydrogens is 287 g/mol. The van der Waals surface area contributed by atoms with Gasteiger partial charge in [0.2, 0.25) is 0 Å². The van der Waals surface area contributed by atoms with E-state index in [1.165, 1.54) is 11.1 Å². The van der Waals surface area contributed by atoms with Crippen LogP contribution in [0, 0.1) is 5.41 Å². The lowest BCUT2D eigenvalue weighted by Crippen LogP contribution is -2.11. The van der Waals surface area contributed by atoms with Crippen LogP contribution in [-0.4, -0.2) is 0 Å². The maximum Gasteiger partial charge on any atom is 0.0456 e. The van der Waals surface area contributed by atoms with Gasteiger partial charge in [0.25, 0.3) is 0 Å². The van der Waals surface area contributed by atoms with Crippen LogP contribution in [0.1, 0.15) is 37.5 Å². The van der Waals surface area contributed by atoms with E-state index in [2.05, 4.69) is 45.0 Å². The molecule has 0 fully saturated rings. The zero-order valence-electron chi connectivity index (χ0n) is 12.2. The Morgan fingerprint density at radius 3 is 1.90 bits per heavy atom. The third kappa shape index (κ3) is 4.01. The molecule has 0 unspecified atom stereocenters. The van der Waals surface area contributed by atoms with Crippen molar-refractivity contribution in [1.82, 2.24) is 0 Å². The van der Waals surface area contributed by atoms with Gasteiger partial charge in [-0.3, -0.25) is 0 Å². The SMILES string of the molecule is CC(C)(C)Cc1ccccc1Cc1c(Cl)cccc1Cl. The Morgan fingerprint density at radius 1 is 0.800 bits per heavy atom. The van der Waals surface area contributed by atoms with E-state index in [1.807, 2.05) is 18.2 Å². The van der Waals surface area contributed by atoms with Crippen LogP contribution < -0.4 is 0 Å². The second-order valence-electron chi connectivity index (χ2n) is 6.38. The predicted octanol–water partition coefficient (Wildman–Crippen LogP) is 6.17. The van der Waals surface area contributed by atoms with Crippen LogP contribution in [0.4, 0.5) is 0 Å². The zero-order valence-corrected chi connectivity index (χ0v) is 13.7. The molecule has 0 saturated carbocycles. The molecule has 0 nitrogen and oxygen atoms in total. The molecule has 0 aliphatic rings. The quantitative estimate of drug-likeness (QED) is 0.636. The van der Waals surface area contributed by atoms with E-state index in [4.69, 9.17) is 23.2 Å². The lowest BCUT2D eigenvalue weighted by molar-refractivity contribution is 0.410. The van der Waals surface area contributed by atoms with Crippen LogP contribution in [0.2, 0.25) is 10.0 Å². The van der Waals surface area contributed by atoms with E-state index >= 15 is 0 Å². The molecule has 0 saturated heterocycles. The minimum Gasteiger partial charge on any atom is -0.0840 e. The van der Waals surface area contributed by atoms with Crippen molar-refractivity contribution in [3.05, 3.63) is 69.2 Å². The summed E-state index contributed by atoms with van der Waals surface area (Å²) in [6, 6.07) is 14.2. The smallest absolute Gasteiger partial charge is 0.0456 e. The van der Waals surface area contributed by atoms with Gasteiger partial charge in [-0.15, -0.1) is 0 Å². The first kappa shape index (κ1) is 15.4. The van der Waals surface area contributed by atoms with Crippen LogP contribution in [0.5, 0.6) is 0 Å². The summed E-state index contributed by atoms with van der Waals surface area (Å²) in [7, 11) is 0. The number of halogens is 2. The molecule has 2 aromatic carbocycles.